The van der Waals surface area contributed by atoms with Gasteiger partial charge in [-0.1, -0.05) is 45.0 Å². The first-order valence-corrected chi connectivity index (χ1v) is 17.3. The van der Waals surface area contributed by atoms with Gasteiger partial charge in [0.1, 0.15) is 18.9 Å². The summed E-state index contributed by atoms with van der Waals surface area (Å²) in [5.41, 5.74) is 0.355. The summed E-state index contributed by atoms with van der Waals surface area (Å²) in [5.74, 6) is -1.97. The van der Waals surface area contributed by atoms with Crippen LogP contribution in [0.3, 0.4) is 0 Å². The Bertz CT molecular complexity index is 1730. The number of rotatable bonds is 13. The molecule has 1 heterocycles. The number of ketones is 1. The fourth-order valence-corrected chi connectivity index (χ4v) is 6.08. The molecule has 0 aromatic heterocycles. The maximum atomic E-state index is 13.7. The van der Waals surface area contributed by atoms with Crippen LogP contribution in [0.2, 0.25) is 0 Å². The Morgan fingerprint density at radius 1 is 1.02 bits per heavy atom. The molecule has 1 aliphatic heterocycles. The summed E-state index contributed by atoms with van der Waals surface area (Å²) in [6.45, 7) is 11.0. The highest BCUT2D eigenvalue weighted by Gasteiger charge is 2.30. The standard InChI is InChI=1S/C34H43N3O9S/c1-7-45-30(38)22-37(47(6,41)42)28-21-23(34(2,3)4)20-27(32(28)43-5)35-33(40)31(39)26-12-13-29(25-11-9-8-10-24(25)26)46-19-16-36-14-17-44-18-15-36/h8-13,20-21H,7,14-19,22H2,1-6H3,(H,35,40). The number of carbonyl (C=O) groups is 3. The van der Waals surface area contributed by atoms with Gasteiger partial charge in [-0.25, -0.2) is 8.42 Å². The maximum Gasteiger partial charge on any atom is 0.326 e. The van der Waals surface area contributed by atoms with E-state index in [1.54, 1.807) is 43.3 Å². The van der Waals surface area contributed by atoms with Crippen molar-refractivity contribution in [1.29, 1.82) is 0 Å². The number of nitrogens with one attached hydrogen (secondary N) is 1. The molecule has 1 fully saturated rings. The van der Waals surface area contributed by atoms with Crippen molar-refractivity contribution in [2.24, 2.45) is 0 Å². The zero-order valence-corrected chi connectivity index (χ0v) is 28.6. The predicted octanol–water partition coefficient (Wildman–Crippen LogP) is 4.01. The van der Waals surface area contributed by atoms with Gasteiger partial charge in [-0.15, -0.1) is 0 Å². The Hall–Kier alpha value is -4.20. The van der Waals surface area contributed by atoms with Gasteiger partial charge in [0, 0.05) is 30.6 Å². The molecule has 0 unspecified atom stereocenters. The van der Waals surface area contributed by atoms with Crippen LogP contribution in [-0.4, -0.2) is 96.9 Å². The molecule has 1 saturated heterocycles. The molecule has 254 valence electrons. The number of Topliss-reactive ketones (excluding diaryl/α,β-unsaturated/α-hetero) is 1. The second kappa shape index (κ2) is 15.1. The number of hydrogen-bond acceptors (Lipinski definition) is 10. The SMILES string of the molecule is CCOC(=O)CN(c1cc(C(C)(C)C)cc(NC(=O)C(=O)c2ccc(OCCN3CCOCC3)c3ccccc23)c1OC)S(C)(=O)=O. The van der Waals surface area contributed by atoms with Gasteiger partial charge >= 0.3 is 5.97 Å². The topological polar surface area (TPSA) is 141 Å². The normalized spacial score (nSPS) is 14.0. The number of benzene rings is 3. The van der Waals surface area contributed by atoms with Gasteiger partial charge < -0.3 is 24.3 Å². The van der Waals surface area contributed by atoms with Crippen molar-refractivity contribution in [3.8, 4) is 11.5 Å². The molecule has 0 atom stereocenters. The van der Waals surface area contributed by atoms with Gasteiger partial charge in [0.2, 0.25) is 10.0 Å². The zero-order chi connectivity index (χ0) is 34.4. The molecular weight excluding hydrogens is 626 g/mol. The number of anilines is 2. The summed E-state index contributed by atoms with van der Waals surface area (Å²) >= 11 is 0. The summed E-state index contributed by atoms with van der Waals surface area (Å²) in [7, 11) is -2.71. The number of hydrogen-bond donors (Lipinski definition) is 1. The van der Waals surface area contributed by atoms with Gasteiger partial charge in [0.25, 0.3) is 11.7 Å². The average Bonchev–Trinajstić information content (AvgIpc) is 3.02. The summed E-state index contributed by atoms with van der Waals surface area (Å²) < 4.78 is 48.8. The Balaban J connectivity index is 1.67. The van der Waals surface area contributed by atoms with Crippen LogP contribution in [0.4, 0.5) is 11.4 Å². The second-order valence-corrected chi connectivity index (χ2v) is 14.1. The predicted molar refractivity (Wildman–Crippen MR) is 180 cm³/mol. The van der Waals surface area contributed by atoms with Crippen molar-refractivity contribution in [2.75, 3.05) is 75.6 Å². The molecule has 3 aromatic rings. The van der Waals surface area contributed by atoms with Crippen molar-refractivity contribution < 1.29 is 41.7 Å². The number of ether oxygens (including phenoxy) is 4. The number of sulfonamides is 1. The van der Waals surface area contributed by atoms with Gasteiger partial charge in [-0.3, -0.25) is 23.6 Å². The Morgan fingerprint density at radius 2 is 1.70 bits per heavy atom. The van der Waals surface area contributed by atoms with Gasteiger partial charge in [-0.2, -0.15) is 0 Å². The highest BCUT2D eigenvalue weighted by atomic mass is 32.2. The van der Waals surface area contributed by atoms with Crippen LogP contribution < -0.4 is 19.1 Å². The number of carbonyl (C=O) groups excluding carboxylic acids is 3. The van der Waals surface area contributed by atoms with Crippen LogP contribution in [0, 0.1) is 0 Å². The van der Waals surface area contributed by atoms with E-state index in [1.807, 2.05) is 32.9 Å². The third-order valence-corrected chi connectivity index (χ3v) is 8.86. The van der Waals surface area contributed by atoms with Crippen molar-refractivity contribution in [2.45, 2.75) is 33.1 Å². The molecule has 13 heteroatoms. The number of nitrogens with zero attached hydrogens (tertiary/aromatic N) is 2. The monoisotopic (exact) mass is 669 g/mol. The molecule has 47 heavy (non-hydrogen) atoms. The lowest BCUT2D eigenvalue weighted by atomic mass is 9.86. The van der Waals surface area contributed by atoms with Crippen LogP contribution in [-0.2, 0) is 34.5 Å². The number of fused-ring (bicyclic) bond motifs is 1. The van der Waals surface area contributed by atoms with E-state index >= 15 is 0 Å². The van der Waals surface area contributed by atoms with Crippen LogP contribution >= 0.6 is 0 Å². The molecule has 3 aromatic carbocycles. The van der Waals surface area contributed by atoms with E-state index in [9.17, 15) is 22.8 Å². The number of esters is 1. The molecule has 0 bridgehead atoms. The quantitative estimate of drug-likeness (QED) is 0.161. The molecule has 0 radical (unpaired) electrons. The van der Waals surface area contributed by atoms with E-state index in [4.69, 9.17) is 18.9 Å². The van der Waals surface area contributed by atoms with E-state index < -0.39 is 39.6 Å². The third-order valence-electron chi connectivity index (χ3n) is 7.74. The molecule has 0 aliphatic carbocycles. The maximum absolute atomic E-state index is 13.7. The van der Waals surface area contributed by atoms with Crippen molar-refractivity contribution >= 4 is 49.8 Å². The average molecular weight is 670 g/mol. The summed E-state index contributed by atoms with van der Waals surface area (Å²) in [4.78, 5) is 42.0. The minimum Gasteiger partial charge on any atom is -0.492 e. The Morgan fingerprint density at radius 3 is 2.32 bits per heavy atom. The molecule has 0 saturated carbocycles. The summed E-state index contributed by atoms with van der Waals surface area (Å²) in [6, 6.07) is 13.7. The van der Waals surface area contributed by atoms with Crippen LogP contribution in [0.1, 0.15) is 43.6 Å². The van der Waals surface area contributed by atoms with Crippen LogP contribution in [0.15, 0.2) is 48.5 Å². The van der Waals surface area contributed by atoms with E-state index in [0.717, 1.165) is 30.2 Å². The number of methoxy groups -OCH3 is 1. The summed E-state index contributed by atoms with van der Waals surface area (Å²) in [6.07, 6.45) is 0.957. The van der Waals surface area contributed by atoms with Gasteiger partial charge in [-0.05, 0) is 47.6 Å². The highest BCUT2D eigenvalue weighted by molar-refractivity contribution is 7.92. The summed E-state index contributed by atoms with van der Waals surface area (Å²) in [5, 5.41) is 3.88. The fourth-order valence-electron chi connectivity index (χ4n) is 5.25. The minimum atomic E-state index is -4.02. The Labute approximate surface area is 276 Å². The molecule has 0 spiro atoms. The molecule has 1 aliphatic rings. The van der Waals surface area contributed by atoms with Gasteiger partial charge in [0.15, 0.2) is 5.75 Å². The number of amides is 1. The van der Waals surface area contributed by atoms with Crippen molar-refractivity contribution in [1.82, 2.24) is 4.90 Å². The van der Waals surface area contributed by atoms with Crippen molar-refractivity contribution in [3.63, 3.8) is 0 Å². The van der Waals surface area contributed by atoms with E-state index in [1.165, 1.54) is 7.11 Å². The Kier molecular flexibility index (Phi) is 11.5. The molecule has 4 rings (SSSR count). The van der Waals surface area contributed by atoms with Crippen LogP contribution in [0.25, 0.3) is 10.8 Å². The zero-order valence-electron chi connectivity index (χ0n) is 27.8. The minimum absolute atomic E-state index is 0.0160. The van der Waals surface area contributed by atoms with E-state index in [0.29, 0.717) is 41.9 Å². The van der Waals surface area contributed by atoms with Crippen LogP contribution in [0.5, 0.6) is 11.5 Å². The fraction of sp³-hybridized carbons (Fsp3) is 0.441. The third kappa shape index (κ3) is 8.79. The van der Waals surface area contributed by atoms with E-state index in [-0.39, 0.29) is 29.3 Å². The lowest BCUT2D eigenvalue weighted by molar-refractivity contribution is -0.141. The first-order chi connectivity index (χ1) is 22.2. The smallest absolute Gasteiger partial charge is 0.326 e. The molecule has 1 N–H and O–H groups in total. The first-order valence-electron chi connectivity index (χ1n) is 15.4. The first kappa shape index (κ1) is 35.7. The second-order valence-electron chi connectivity index (χ2n) is 12.1. The van der Waals surface area contributed by atoms with Gasteiger partial charge in [0.05, 0.1) is 44.6 Å². The van der Waals surface area contributed by atoms with Crippen molar-refractivity contribution in [3.05, 3.63) is 59.7 Å². The number of morpholine rings is 1. The highest BCUT2D eigenvalue weighted by Crippen LogP contribution is 2.41. The largest absolute Gasteiger partial charge is 0.492 e. The molecular formula is C34H43N3O9S. The lowest BCUT2D eigenvalue weighted by Gasteiger charge is -2.28. The van der Waals surface area contributed by atoms with E-state index in [2.05, 4.69) is 10.2 Å². The molecule has 1 amide bonds. The lowest BCUT2D eigenvalue weighted by Crippen LogP contribution is -2.38. The molecule has 12 nitrogen and oxygen atoms in total.